The van der Waals surface area contributed by atoms with Crippen molar-refractivity contribution in [3.8, 4) is 5.75 Å². The summed E-state index contributed by atoms with van der Waals surface area (Å²) in [4.78, 5) is 88.3. The van der Waals surface area contributed by atoms with Gasteiger partial charge < -0.3 is 39.5 Å². The summed E-state index contributed by atoms with van der Waals surface area (Å²) < 4.78 is 16.4. The number of piperazine rings is 1. The van der Waals surface area contributed by atoms with Gasteiger partial charge in [-0.3, -0.25) is 24.0 Å². The minimum absolute atomic E-state index is 0.0194. The molecule has 3 heterocycles. The Morgan fingerprint density at radius 1 is 0.868 bits per heavy atom. The lowest BCUT2D eigenvalue weighted by Gasteiger charge is -2.36. The van der Waals surface area contributed by atoms with Crippen LogP contribution in [0.15, 0.2) is 24.3 Å². The van der Waals surface area contributed by atoms with Crippen LogP contribution in [0.5, 0.6) is 5.75 Å². The van der Waals surface area contributed by atoms with Crippen molar-refractivity contribution in [2.45, 2.75) is 103 Å². The maximum Gasteiger partial charge on any atom is 0.409 e. The Hall–Kier alpha value is -4.95. The molecule has 5 rings (SSSR count). The van der Waals surface area contributed by atoms with Crippen LogP contribution in [0, 0.1) is 6.92 Å². The maximum absolute atomic E-state index is 13.9. The summed E-state index contributed by atoms with van der Waals surface area (Å²) in [7, 11) is 0. The topological polar surface area (TPSA) is 177 Å². The first-order valence-electron chi connectivity index (χ1n) is 18.8. The highest BCUT2D eigenvalue weighted by atomic mass is 16.6. The molecule has 3 aliphatic rings. The van der Waals surface area contributed by atoms with Gasteiger partial charge in [0.15, 0.2) is 6.10 Å². The van der Waals surface area contributed by atoms with Gasteiger partial charge in [0.05, 0.1) is 18.7 Å². The van der Waals surface area contributed by atoms with Gasteiger partial charge >= 0.3 is 12.1 Å². The SMILES string of the molecule is CCOC(=O)CC[C@H](NC(=O)c1cc(O[C@H](C)C(=O)N2CCC[C@H]2C(=O)NC2CCCC2)c2ccc(C)cc2n1)C(=O)N1CCN(C(=O)OCC)CC1. The molecular weight excluding hydrogens is 684 g/mol. The normalized spacial score (nSPS) is 18.7. The van der Waals surface area contributed by atoms with Crippen molar-refractivity contribution in [2.24, 2.45) is 0 Å². The Morgan fingerprint density at radius 2 is 1.57 bits per heavy atom. The van der Waals surface area contributed by atoms with E-state index in [0.29, 0.717) is 30.3 Å². The molecule has 0 unspecified atom stereocenters. The predicted molar refractivity (Wildman–Crippen MR) is 194 cm³/mol. The van der Waals surface area contributed by atoms with Gasteiger partial charge in [-0.25, -0.2) is 9.78 Å². The lowest BCUT2D eigenvalue weighted by Crippen LogP contribution is -2.56. The second kappa shape index (κ2) is 18.2. The number of hydrogen-bond donors (Lipinski definition) is 2. The molecule has 1 aromatic heterocycles. The van der Waals surface area contributed by atoms with E-state index >= 15 is 0 Å². The molecule has 288 valence electrons. The van der Waals surface area contributed by atoms with Crippen LogP contribution in [0.2, 0.25) is 0 Å². The van der Waals surface area contributed by atoms with E-state index in [-0.39, 0.29) is 81.5 Å². The molecule has 1 aromatic carbocycles. The van der Waals surface area contributed by atoms with Crippen molar-refractivity contribution in [1.82, 2.24) is 30.3 Å². The fraction of sp³-hybridized carbons (Fsp3) is 0.605. The molecule has 53 heavy (non-hydrogen) atoms. The van der Waals surface area contributed by atoms with Crippen molar-refractivity contribution in [3.05, 3.63) is 35.5 Å². The number of ether oxygens (including phenoxy) is 3. The first-order valence-corrected chi connectivity index (χ1v) is 18.8. The Labute approximate surface area is 310 Å². The van der Waals surface area contributed by atoms with E-state index in [1.54, 1.807) is 42.7 Å². The molecule has 3 atom stereocenters. The lowest BCUT2D eigenvalue weighted by molar-refractivity contribution is -0.144. The number of hydrogen-bond acceptors (Lipinski definition) is 10. The van der Waals surface area contributed by atoms with E-state index < -0.39 is 42.1 Å². The summed E-state index contributed by atoms with van der Waals surface area (Å²) in [6.45, 7) is 8.74. The average Bonchev–Trinajstić information content (AvgIpc) is 3.85. The maximum atomic E-state index is 13.9. The summed E-state index contributed by atoms with van der Waals surface area (Å²) in [5, 5.41) is 6.48. The highest BCUT2D eigenvalue weighted by molar-refractivity contribution is 6.00. The van der Waals surface area contributed by atoms with Gasteiger partial charge in [0.25, 0.3) is 11.8 Å². The standard InChI is InChI=1S/C38H52N6O9/c1-5-51-33(45)16-15-28(37(49)42-18-20-43(21-19-42)38(50)52-6-2)41-34(46)30-23-32(27-14-13-24(3)22-29(27)40-30)53-25(4)36(48)44-17-9-12-31(44)35(47)39-26-10-7-8-11-26/h13-14,22-23,25-26,28,31H,5-12,15-21H2,1-4H3,(H,39,47)(H,41,46)/t25-,28+,31+/m1/s1. The van der Waals surface area contributed by atoms with Crippen LogP contribution in [-0.4, -0.2) is 126 Å². The average molecular weight is 737 g/mol. The number of rotatable bonds is 13. The molecule has 0 bridgehead atoms. The number of pyridine rings is 1. The number of esters is 1. The molecule has 0 radical (unpaired) electrons. The largest absolute Gasteiger partial charge is 0.480 e. The molecule has 3 fully saturated rings. The van der Waals surface area contributed by atoms with Gasteiger partial charge in [0.1, 0.15) is 23.5 Å². The molecule has 2 aliphatic heterocycles. The van der Waals surface area contributed by atoms with Crippen LogP contribution in [0.4, 0.5) is 4.79 Å². The van der Waals surface area contributed by atoms with Crippen LogP contribution >= 0.6 is 0 Å². The Balaban J connectivity index is 1.33. The molecule has 5 amide bonds. The van der Waals surface area contributed by atoms with E-state index in [9.17, 15) is 28.8 Å². The molecule has 1 aliphatic carbocycles. The Kier molecular flexibility index (Phi) is 13.5. The van der Waals surface area contributed by atoms with Crippen LogP contribution in [0.3, 0.4) is 0 Å². The minimum atomic E-state index is -1.09. The summed E-state index contributed by atoms with van der Waals surface area (Å²) >= 11 is 0. The zero-order valence-corrected chi connectivity index (χ0v) is 31.2. The fourth-order valence-electron chi connectivity index (χ4n) is 7.19. The second-order valence-electron chi connectivity index (χ2n) is 13.8. The highest BCUT2D eigenvalue weighted by Gasteiger charge is 2.38. The molecule has 0 spiro atoms. The van der Waals surface area contributed by atoms with Gasteiger partial charge in [-0.05, 0) is 77.5 Å². The first kappa shape index (κ1) is 39.3. The molecule has 15 nitrogen and oxygen atoms in total. The number of fused-ring (bicyclic) bond motifs is 1. The number of benzene rings is 1. The highest BCUT2D eigenvalue weighted by Crippen LogP contribution is 2.29. The van der Waals surface area contributed by atoms with E-state index in [1.165, 1.54) is 11.0 Å². The van der Waals surface area contributed by atoms with Crippen molar-refractivity contribution in [2.75, 3.05) is 45.9 Å². The number of aromatic nitrogens is 1. The van der Waals surface area contributed by atoms with Crippen molar-refractivity contribution >= 4 is 46.6 Å². The lowest BCUT2D eigenvalue weighted by atomic mass is 10.1. The van der Waals surface area contributed by atoms with E-state index in [0.717, 1.165) is 31.2 Å². The number of nitrogens with zero attached hydrogens (tertiary/aromatic N) is 4. The van der Waals surface area contributed by atoms with E-state index in [2.05, 4.69) is 15.6 Å². The molecule has 2 N–H and O–H groups in total. The zero-order valence-electron chi connectivity index (χ0n) is 31.2. The van der Waals surface area contributed by atoms with E-state index in [4.69, 9.17) is 14.2 Å². The summed E-state index contributed by atoms with van der Waals surface area (Å²) in [5.41, 5.74) is 1.29. The van der Waals surface area contributed by atoms with Crippen molar-refractivity contribution < 1.29 is 43.0 Å². The second-order valence-corrected chi connectivity index (χ2v) is 13.8. The molecule has 15 heteroatoms. The fourth-order valence-corrected chi connectivity index (χ4v) is 7.19. The van der Waals surface area contributed by atoms with Crippen LogP contribution in [-0.2, 0) is 28.7 Å². The van der Waals surface area contributed by atoms with Crippen LogP contribution < -0.4 is 15.4 Å². The number of likely N-dealkylation sites (tertiary alicyclic amines) is 1. The van der Waals surface area contributed by atoms with Crippen molar-refractivity contribution in [1.29, 1.82) is 0 Å². The van der Waals surface area contributed by atoms with Crippen LogP contribution in [0.1, 0.15) is 88.2 Å². The summed E-state index contributed by atoms with van der Waals surface area (Å²) in [6, 6.07) is 5.40. The number of carbonyl (C=O) groups excluding carboxylic acids is 6. The number of aryl methyl sites for hydroxylation is 1. The number of amides is 5. The molecule has 1 saturated carbocycles. The number of nitrogens with one attached hydrogen (secondary N) is 2. The Morgan fingerprint density at radius 3 is 2.26 bits per heavy atom. The Bertz CT molecular complexity index is 1670. The summed E-state index contributed by atoms with van der Waals surface area (Å²) in [6.07, 6.45) is 3.79. The van der Waals surface area contributed by atoms with Gasteiger partial charge in [0.2, 0.25) is 11.8 Å². The van der Waals surface area contributed by atoms with Gasteiger partial charge in [-0.15, -0.1) is 0 Å². The minimum Gasteiger partial charge on any atom is -0.480 e. The van der Waals surface area contributed by atoms with Crippen molar-refractivity contribution in [3.63, 3.8) is 0 Å². The molecule has 2 saturated heterocycles. The first-order chi connectivity index (χ1) is 25.5. The molecule has 2 aromatic rings. The van der Waals surface area contributed by atoms with Gasteiger partial charge in [-0.1, -0.05) is 18.9 Å². The van der Waals surface area contributed by atoms with E-state index in [1.807, 2.05) is 13.0 Å². The zero-order chi connectivity index (χ0) is 38.1. The third kappa shape index (κ3) is 9.93. The quantitative estimate of drug-likeness (QED) is 0.291. The molecular formula is C38H52N6O9. The van der Waals surface area contributed by atoms with Crippen LogP contribution in [0.25, 0.3) is 10.9 Å². The third-order valence-corrected chi connectivity index (χ3v) is 10.0. The van der Waals surface area contributed by atoms with Gasteiger partial charge in [0, 0.05) is 56.6 Å². The monoisotopic (exact) mass is 736 g/mol. The summed E-state index contributed by atoms with van der Waals surface area (Å²) in [5.74, 6) is -1.80. The predicted octanol–water partition coefficient (Wildman–Crippen LogP) is 3.10. The smallest absolute Gasteiger partial charge is 0.409 e. The number of carbonyl (C=O) groups is 6. The van der Waals surface area contributed by atoms with Gasteiger partial charge in [-0.2, -0.15) is 0 Å². The third-order valence-electron chi connectivity index (χ3n) is 10.0.